The second kappa shape index (κ2) is 8.75. The molecule has 33 heavy (non-hydrogen) atoms. The molecule has 0 aliphatic carbocycles. The molecule has 0 unspecified atom stereocenters. The van der Waals surface area contributed by atoms with Crippen molar-refractivity contribution in [3.63, 3.8) is 0 Å². The number of nitrogens with zero attached hydrogens (tertiary/aromatic N) is 6. The lowest BCUT2D eigenvalue weighted by molar-refractivity contribution is 0.0458. The van der Waals surface area contributed by atoms with Gasteiger partial charge in [-0.15, -0.1) is 0 Å². The van der Waals surface area contributed by atoms with Gasteiger partial charge in [0.1, 0.15) is 18.0 Å². The fourth-order valence-corrected chi connectivity index (χ4v) is 4.44. The van der Waals surface area contributed by atoms with Gasteiger partial charge in [-0.1, -0.05) is 6.07 Å². The number of carbonyl (C=O) groups excluding carboxylic acids is 1. The number of aryl methyl sites for hydroxylation is 1. The molecule has 0 fully saturated rings. The first kappa shape index (κ1) is 22.6. The van der Waals surface area contributed by atoms with Gasteiger partial charge in [-0.25, -0.2) is 32.2 Å². The highest BCUT2D eigenvalue weighted by atomic mass is 32.2. The third-order valence-corrected chi connectivity index (χ3v) is 7.13. The molecule has 4 rings (SSSR count). The molecule has 0 radical (unpaired) electrons. The number of hydrogen-bond acceptors (Lipinski definition) is 7. The standard InChI is InChI=1S/C22H24N6O4S/c1-5-27-19-10-9-16(33(30,31)26(3)4)12-18(19)25-21(27)14-32-22(29)17-13-24-28(15(17)2)20-8-6-7-11-23-20/h6-13H,5,14H2,1-4H3. The maximum absolute atomic E-state index is 12.7. The van der Waals surface area contributed by atoms with Crippen LogP contribution in [0.5, 0.6) is 0 Å². The molecule has 1 aromatic carbocycles. The number of esters is 1. The second-order valence-electron chi connectivity index (χ2n) is 7.53. The lowest BCUT2D eigenvalue weighted by atomic mass is 10.2. The number of rotatable bonds is 7. The smallest absolute Gasteiger partial charge is 0.342 e. The minimum Gasteiger partial charge on any atom is -0.454 e. The van der Waals surface area contributed by atoms with Crippen LogP contribution in [-0.2, 0) is 27.9 Å². The van der Waals surface area contributed by atoms with Gasteiger partial charge in [0, 0.05) is 26.8 Å². The van der Waals surface area contributed by atoms with Crippen LogP contribution in [0.2, 0.25) is 0 Å². The first-order valence-electron chi connectivity index (χ1n) is 10.3. The van der Waals surface area contributed by atoms with Crippen molar-refractivity contribution in [1.82, 2.24) is 28.6 Å². The van der Waals surface area contributed by atoms with Crippen LogP contribution in [0.3, 0.4) is 0 Å². The van der Waals surface area contributed by atoms with Gasteiger partial charge < -0.3 is 9.30 Å². The molecule has 172 valence electrons. The van der Waals surface area contributed by atoms with E-state index in [1.54, 1.807) is 42.1 Å². The summed E-state index contributed by atoms with van der Waals surface area (Å²) in [6, 6.07) is 10.2. The quantitative estimate of drug-likeness (QED) is 0.383. The normalized spacial score (nSPS) is 11.9. The summed E-state index contributed by atoms with van der Waals surface area (Å²) >= 11 is 0. The number of imidazole rings is 1. The summed E-state index contributed by atoms with van der Waals surface area (Å²) in [5.41, 5.74) is 2.23. The number of fused-ring (bicyclic) bond motifs is 1. The zero-order valence-corrected chi connectivity index (χ0v) is 19.6. The van der Waals surface area contributed by atoms with Crippen LogP contribution in [0.15, 0.2) is 53.7 Å². The largest absolute Gasteiger partial charge is 0.454 e. The predicted octanol–water partition coefficient (Wildman–Crippen LogP) is 2.55. The summed E-state index contributed by atoms with van der Waals surface area (Å²) < 4.78 is 35.1. The third-order valence-electron chi connectivity index (χ3n) is 5.32. The lowest BCUT2D eigenvalue weighted by Crippen LogP contribution is -2.22. The molecular weight excluding hydrogens is 444 g/mol. The first-order chi connectivity index (χ1) is 15.7. The van der Waals surface area contributed by atoms with Gasteiger partial charge in [0.2, 0.25) is 10.0 Å². The zero-order chi connectivity index (χ0) is 23.8. The SMILES string of the molecule is CCn1c(COC(=O)c2cnn(-c3ccccn3)c2C)nc2cc(S(=O)(=O)N(C)C)ccc21. The Bertz CT molecular complexity index is 1420. The predicted molar refractivity (Wildman–Crippen MR) is 121 cm³/mol. The van der Waals surface area contributed by atoms with E-state index in [9.17, 15) is 13.2 Å². The van der Waals surface area contributed by atoms with E-state index < -0.39 is 16.0 Å². The fraction of sp³-hybridized carbons (Fsp3) is 0.273. The molecule has 0 saturated carbocycles. The average molecular weight is 469 g/mol. The number of ether oxygens (including phenoxy) is 1. The Morgan fingerprint density at radius 2 is 1.97 bits per heavy atom. The van der Waals surface area contributed by atoms with Crippen LogP contribution >= 0.6 is 0 Å². The van der Waals surface area contributed by atoms with Crippen molar-refractivity contribution in [2.75, 3.05) is 14.1 Å². The van der Waals surface area contributed by atoms with Crippen LogP contribution in [-0.4, -0.2) is 57.1 Å². The molecular formula is C22H24N6O4S. The summed E-state index contributed by atoms with van der Waals surface area (Å²) in [4.78, 5) is 21.7. The lowest BCUT2D eigenvalue weighted by Gasteiger charge is -2.11. The number of benzene rings is 1. The number of pyridine rings is 1. The molecule has 0 amide bonds. The van der Waals surface area contributed by atoms with Crippen molar-refractivity contribution in [2.24, 2.45) is 0 Å². The molecule has 0 bridgehead atoms. The topological polar surface area (TPSA) is 112 Å². The molecule has 0 aliphatic heterocycles. The number of aromatic nitrogens is 5. The van der Waals surface area contributed by atoms with Gasteiger partial charge in [-0.3, -0.25) is 0 Å². The van der Waals surface area contributed by atoms with Crippen LogP contribution in [0, 0.1) is 6.92 Å². The van der Waals surface area contributed by atoms with Crippen molar-refractivity contribution < 1.29 is 17.9 Å². The Morgan fingerprint density at radius 1 is 1.18 bits per heavy atom. The highest BCUT2D eigenvalue weighted by Crippen LogP contribution is 2.23. The molecule has 0 spiro atoms. The van der Waals surface area contributed by atoms with E-state index in [0.717, 1.165) is 9.82 Å². The Morgan fingerprint density at radius 3 is 2.64 bits per heavy atom. The molecule has 3 heterocycles. The van der Waals surface area contributed by atoms with Crippen LogP contribution in [0.4, 0.5) is 0 Å². The second-order valence-corrected chi connectivity index (χ2v) is 9.68. The van der Waals surface area contributed by atoms with Crippen molar-refractivity contribution >= 4 is 27.0 Å². The minimum absolute atomic E-state index is 0.0642. The average Bonchev–Trinajstić information content (AvgIpc) is 3.37. The number of carbonyl (C=O) groups is 1. The van der Waals surface area contributed by atoms with E-state index in [4.69, 9.17) is 4.74 Å². The maximum Gasteiger partial charge on any atom is 0.342 e. The highest BCUT2D eigenvalue weighted by molar-refractivity contribution is 7.89. The molecule has 0 atom stereocenters. The van der Waals surface area contributed by atoms with E-state index >= 15 is 0 Å². The molecule has 11 heteroatoms. The first-order valence-corrected chi connectivity index (χ1v) is 11.7. The Labute approximate surface area is 191 Å². The Hall–Kier alpha value is -3.57. The molecule has 10 nitrogen and oxygen atoms in total. The summed E-state index contributed by atoms with van der Waals surface area (Å²) in [5, 5.41) is 4.25. The van der Waals surface area contributed by atoms with Crippen LogP contribution in [0.1, 0.15) is 28.8 Å². The van der Waals surface area contributed by atoms with Crippen molar-refractivity contribution in [1.29, 1.82) is 0 Å². The van der Waals surface area contributed by atoms with E-state index in [1.807, 2.05) is 17.6 Å². The molecule has 0 N–H and O–H groups in total. The van der Waals surface area contributed by atoms with Crippen molar-refractivity contribution in [2.45, 2.75) is 31.9 Å². The van der Waals surface area contributed by atoms with Crippen LogP contribution < -0.4 is 0 Å². The van der Waals surface area contributed by atoms with Gasteiger partial charge in [0.15, 0.2) is 5.82 Å². The zero-order valence-electron chi connectivity index (χ0n) is 18.8. The Kier molecular flexibility index (Phi) is 6.00. The summed E-state index contributed by atoms with van der Waals surface area (Å²) in [7, 11) is -0.623. The maximum atomic E-state index is 12.7. The van der Waals surface area contributed by atoms with Gasteiger partial charge in [-0.05, 0) is 44.2 Å². The van der Waals surface area contributed by atoms with E-state index in [-0.39, 0.29) is 11.5 Å². The number of hydrogen-bond donors (Lipinski definition) is 0. The molecule has 0 saturated heterocycles. The van der Waals surface area contributed by atoms with E-state index in [1.165, 1.54) is 26.4 Å². The summed E-state index contributed by atoms with van der Waals surface area (Å²) in [5.74, 6) is 0.598. The van der Waals surface area contributed by atoms with Gasteiger partial charge in [0.25, 0.3) is 0 Å². The van der Waals surface area contributed by atoms with Crippen LogP contribution in [0.25, 0.3) is 16.9 Å². The van der Waals surface area contributed by atoms with Gasteiger partial charge in [0.05, 0.1) is 27.8 Å². The molecule has 0 aliphatic rings. The third kappa shape index (κ3) is 4.12. The number of sulfonamides is 1. The monoisotopic (exact) mass is 468 g/mol. The molecule has 4 aromatic rings. The summed E-state index contributed by atoms with van der Waals surface area (Å²) in [6.07, 6.45) is 3.10. The fourth-order valence-electron chi connectivity index (χ4n) is 3.52. The van der Waals surface area contributed by atoms with Crippen molar-refractivity contribution in [3.05, 3.63) is 65.9 Å². The van der Waals surface area contributed by atoms with Gasteiger partial charge >= 0.3 is 5.97 Å². The van der Waals surface area contributed by atoms with Crippen molar-refractivity contribution in [3.8, 4) is 5.82 Å². The Balaban J connectivity index is 1.58. The van der Waals surface area contributed by atoms with E-state index in [2.05, 4.69) is 15.1 Å². The van der Waals surface area contributed by atoms with Gasteiger partial charge in [-0.2, -0.15) is 5.10 Å². The van der Waals surface area contributed by atoms with E-state index in [0.29, 0.717) is 35.0 Å². The highest BCUT2D eigenvalue weighted by Gasteiger charge is 2.21. The summed E-state index contributed by atoms with van der Waals surface area (Å²) in [6.45, 7) is 4.23. The molecule has 3 aromatic heterocycles. The minimum atomic E-state index is -3.58.